The van der Waals surface area contributed by atoms with E-state index in [4.69, 9.17) is 0 Å². The summed E-state index contributed by atoms with van der Waals surface area (Å²) in [5.41, 5.74) is 2.87. The number of nitrogens with zero attached hydrogens (tertiary/aromatic N) is 3. The van der Waals surface area contributed by atoms with Crippen LogP contribution in [0.2, 0.25) is 0 Å². The lowest BCUT2D eigenvalue weighted by atomic mass is 10.1. The van der Waals surface area contributed by atoms with Crippen LogP contribution in [0.25, 0.3) is 0 Å². The van der Waals surface area contributed by atoms with Gasteiger partial charge in [0.1, 0.15) is 12.6 Å². The minimum Gasteiger partial charge on any atom is -0.352 e. The molecular formula is C25H36N4O4S. The molecule has 0 unspecified atom stereocenters. The molecule has 0 bridgehead atoms. The van der Waals surface area contributed by atoms with Crippen LogP contribution in [0.4, 0.5) is 5.69 Å². The lowest BCUT2D eigenvalue weighted by Gasteiger charge is -2.33. The highest BCUT2D eigenvalue weighted by Crippen LogP contribution is 2.26. The molecule has 0 aliphatic heterocycles. The number of anilines is 1. The van der Waals surface area contributed by atoms with Gasteiger partial charge in [-0.15, -0.1) is 0 Å². The molecule has 2 aromatic rings. The fourth-order valence-corrected chi connectivity index (χ4v) is 4.57. The first-order chi connectivity index (χ1) is 15.8. The van der Waals surface area contributed by atoms with E-state index >= 15 is 0 Å². The number of benzene rings is 2. The molecule has 34 heavy (non-hydrogen) atoms. The van der Waals surface area contributed by atoms with E-state index in [1.807, 2.05) is 63.2 Å². The van der Waals surface area contributed by atoms with Gasteiger partial charge in [-0.3, -0.25) is 9.59 Å². The monoisotopic (exact) mass is 488 g/mol. The molecule has 2 rings (SSSR count). The van der Waals surface area contributed by atoms with Gasteiger partial charge in [0.2, 0.25) is 11.8 Å². The number of amides is 2. The van der Waals surface area contributed by atoms with Crippen LogP contribution in [0.3, 0.4) is 0 Å². The Hall–Kier alpha value is -2.91. The Morgan fingerprint density at radius 3 is 2.15 bits per heavy atom. The normalized spacial score (nSPS) is 12.5. The topological polar surface area (TPSA) is 90.0 Å². The number of rotatable bonds is 10. The van der Waals surface area contributed by atoms with Crippen LogP contribution in [0.5, 0.6) is 0 Å². The van der Waals surface area contributed by atoms with Crippen LogP contribution in [-0.2, 0) is 26.3 Å². The summed E-state index contributed by atoms with van der Waals surface area (Å²) in [5.74, 6) is -0.769. The molecular weight excluding hydrogens is 452 g/mol. The molecule has 0 fully saturated rings. The van der Waals surface area contributed by atoms with Gasteiger partial charge < -0.3 is 10.2 Å². The molecule has 9 heteroatoms. The van der Waals surface area contributed by atoms with E-state index in [0.717, 1.165) is 25.3 Å². The van der Waals surface area contributed by atoms with Gasteiger partial charge in [-0.2, -0.15) is 12.7 Å². The fourth-order valence-electron chi connectivity index (χ4n) is 3.46. The van der Waals surface area contributed by atoms with Crippen LogP contribution < -0.4 is 9.62 Å². The highest BCUT2D eigenvalue weighted by atomic mass is 32.2. The van der Waals surface area contributed by atoms with E-state index in [1.165, 1.54) is 19.0 Å². The minimum atomic E-state index is -3.98. The maximum absolute atomic E-state index is 13.6. The first-order valence-corrected chi connectivity index (χ1v) is 12.7. The maximum Gasteiger partial charge on any atom is 0.304 e. The molecule has 0 radical (unpaired) electrons. The molecule has 8 nitrogen and oxygen atoms in total. The van der Waals surface area contributed by atoms with Crippen LogP contribution >= 0.6 is 0 Å². The van der Waals surface area contributed by atoms with Gasteiger partial charge >= 0.3 is 10.2 Å². The average Bonchev–Trinajstić information content (AvgIpc) is 2.77. The summed E-state index contributed by atoms with van der Waals surface area (Å²) in [6.45, 7) is 8.76. The number of nitrogens with one attached hydrogen (secondary N) is 1. The molecule has 0 aliphatic carbocycles. The summed E-state index contributed by atoms with van der Waals surface area (Å²) < 4.78 is 28.7. The highest BCUT2D eigenvalue weighted by Gasteiger charge is 2.33. The third kappa shape index (κ3) is 6.80. The lowest BCUT2D eigenvalue weighted by Crippen LogP contribution is -2.53. The van der Waals surface area contributed by atoms with Crippen molar-refractivity contribution < 1.29 is 18.0 Å². The standard InChI is InChI=1S/C25H36N4O4S/c1-18(2)26-25(31)21(5)28(16-22-11-9-8-10-12-22)24(30)17-29(34(32,33)27(6)7)23-15-19(3)13-14-20(23)4/h8-15,18,21H,16-17H2,1-7H3,(H,26,31)/t21-/m0/s1. The van der Waals surface area contributed by atoms with Gasteiger partial charge in [0.15, 0.2) is 0 Å². The zero-order valence-corrected chi connectivity index (χ0v) is 21.9. The van der Waals surface area contributed by atoms with E-state index in [-0.39, 0.29) is 18.5 Å². The second kappa shape index (κ2) is 11.5. The smallest absolute Gasteiger partial charge is 0.304 e. The van der Waals surface area contributed by atoms with Crippen molar-refractivity contribution in [1.82, 2.24) is 14.5 Å². The van der Waals surface area contributed by atoms with Crippen LogP contribution in [0, 0.1) is 13.8 Å². The largest absolute Gasteiger partial charge is 0.352 e. The zero-order chi connectivity index (χ0) is 25.6. The molecule has 1 N–H and O–H groups in total. The van der Waals surface area contributed by atoms with Crippen molar-refractivity contribution in [3.8, 4) is 0 Å². The summed E-state index contributed by atoms with van der Waals surface area (Å²) in [6, 6.07) is 13.9. The van der Waals surface area contributed by atoms with E-state index < -0.39 is 28.7 Å². The van der Waals surface area contributed by atoms with E-state index in [0.29, 0.717) is 5.69 Å². The van der Waals surface area contributed by atoms with Crippen LogP contribution in [0.1, 0.15) is 37.5 Å². The SMILES string of the molecule is Cc1ccc(C)c(N(CC(=O)N(Cc2ccccc2)[C@@H](C)C(=O)NC(C)C)S(=O)(=O)N(C)C)c1. The molecule has 186 valence electrons. The number of hydrogen-bond acceptors (Lipinski definition) is 4. The molecule has 2 aromatic carbocycles. The van der Waals surface area contributed by atoms with Crippen molar-refractivity contribution in [2.75, 3.05) is 24.9 Å². The summed E-state index contributed by atoms with van der Waals surface area (Å²) in [6.07, 6.45) is 0. The van der Waals surface area contributed by atoms with Crippen LogP contribution in [-0.4, -0.2) is 62.2 Å². The second-order valence-electron chi connectivity index (χ2n) is 8.93. The van der Waals surface area contributed by atoms with Crippen molar-refractivity contribution >= 4 is 27.7 Å². The van der Waals surface area contributed by atoms with Gasteiger partial charge in [0.05, 0.1) is 5.69 Å². The van der Waals surface area contributed by atoms with E-state index in [9.17, 15) is 18.0 Å². The molecule has 1 atom stereocenters. The Kier molecular flexibility index (Phi) is 9.23. The second-order valence-corrected chi connectivity index (χ2v) is 11.0. The maximum atomic E-state index is 13.6. The van der Waals surface area contributed by atoms with Crippen molar-refractivity contribution in [2.24, 2.45) is 0 Å². The number of aryl methyl sites for hydroxylation is 2. The zero-order valence-electron chi connectivity index (χ0n) is 21.1. The number of carbonyl (C=O) groups excluding carboxylic acids is 2. The predicted octanol–water partition coefficient (Wildman–Crippen LogP) is 2.86. The van der Waals surface area contributed by atoms with Gasteiger partial charge in [0, 0.05) is 26.7 Å². The van der Waals surface area contributed by atoms with Crippen molar-refractivity contribution in [3.63, 3.8) is 0 Å². The third-order valence-corrected chi connectivity index (χ3v) is 7.25. The van der Waals surface area contributed by atoms with Crippen molar-refractivity contribution in [3.05, 3.63) is 65.2 Å². The molecule has 0 spiro atoms. The Labute approximate surface area is 203 Å². The van der Waals surface area contributed by atoms with Gasteiger partial charge in [0.25, 0.3) is 0 Å². The lowest BCUT2D eigenvalue weighted by molar-refractivity contribution is -0.139. The van der Waals surface area contributed by atoms with E-state index in [1.54, 1.807) is 19.9 Å². The van der Waals surface area contributed by atoms with Crippen LogP contribution in [0.15, 0.2) is 48.5 Å². The predicted molar refractivity (Wildman–Crippen MR) is 136 cm³/mol. The van der Waals surface area contributed by atoms with Crippen molar-refractivity contribution in [1.29, 1.82) is 0 Å². The summed E-state index contributed by atoms with van der Waals surface area (Å²) >= 11 is 0. The summed E-state index contributed by atoms with van der Waals surface area (Å²) in [5, 5.41) is 2.84. The number of carbonyl (C=O) groups is 2. The third-order valence-electron chi connectivity index (χ3n) is 5.45. The minimum absolute atomic E-state index is 0.0933. The van der Waals surface area contributed by atoms with Gasteiger partial charge in [-0.1, -0.05) is 42.5 Å². The molecule has 0 saturated carbocycles. The Bertz CT molecular complexity index is 1100. The summed E-state index contributed by atoms with van der Waals surface area (Å²) in [4.78, 5) is 27.9. The molecule has 0 saturated heterocycles. The number of hydrogen-bond donors (Lipinski definition) is 1. The molecule has 0 heterocycles. The molecule has 2 amide bonds. The highest BCUT2D eigenvalue weighted by molar-refractivity contribution is 7.90. The van der Waals surface area contributed by atoms with E-state index in [2.05, 4.69) is 5.32 Å². The fraction of sp³-hybridized carbons (Fsp3) is 0.440. The quantitative estimate of drug-likeness (QED) is 0.557. The van der Waals surface area contributed by atoms with Gasteiger partial charge in [-0.25, -0.2) is 4.31 Å². The molecule has 0 aliphatic rings. The first-order valence-electron chi connectivity index (χ1n) is 11.3. The Morgan fingerprint density at radius 2 is 1.59 bits per heavy atom. The van der Waals surface area contributed by atoms with Crippen molar-refractivity contribution in [2.45, 2.75) is 53.2 Å². The average molecular weight is 489 g/mol. The Balaban J connectivity index is 2.49. The molecule has 0 aromatic heterocycles. The first kappa shape index (κ1) is 27.3. The van der Waals surface area contributed by atoms with Gasteiger partial charge in [-0.05, 0) is 57.4 Å². The Morgan fingerprint density at radius 1 is 0.971 bits per heavy atom. The summed E-state index contributed by atoms with van der Waals surface area (Å²) in [7, 11) is -1.12.